The van der Waals surface area contributed by atoms with E-state index in [1.54, 1.807) is 0 Å². The Morgan fingerprint density at radius 3 is 2.38 bits per heavy atom. The maximum absolute atomic E-state index is 13.2. The van der Waals surface area contributed by atoms with Gasteiger partial charge >= 0.3 is 0 Å². The predicted octanol–water partition coefficient (Wildman–Crippen LogP) is 3.64. The Hall–Kier alpha value is -1.42. The largest absolute Gasteiger partial charge is 0.335 e. The van der Waals surface area contributed by atoms with Gasteiger partial charge in [0.05, 0.1) is 6.04 Å². The molecule has 2 aliphatic carbocycles. The van der Waals surface area contributed by atoms with E-state index in [4.69, 9.17) is 5.73 Å². The average Bonchev–Trinajstić information content (AvgIpc) is 3.04. The molecule has 1 heterocycles. The summed E-state index contributed by atoms with van der Waals surface area (Å²) < 4.78 is 13.2. The SMILES string of the molecule is NC1C2CCCC1CC(C(=O)N1CCCC1c1ccc(F)cc1)C2. The average molecular weight is 330 g/mol. The Morgan fingerprint density at radius 1 is 1.04 bits per heavy atom. The summed E-state index contributed by atoms with van der Waals surface area (Å²) in [6, 6.07) is 7.08. The number of likely N-dealkylation sites (tertiary alicyclic amines) is 1. The number of nitrogens with two attached hydrogens (primary N) is 1. The Labute approximate surface area is 143 Å². The summed E-state index contributed by atoms with van der Waals surface area (Å²) >= 11 is 0. The highest BCUT2D eigenvalue weighted by atomic mass is 19.1. The van der Waals surface area contributed by atoms with E-state index in [1.807, 2.05) is 12.1 Å². The second kappa shape index (κ2) is 6.47. The zero-order valence-electron chi connectivity index (χ0n) is 14.2. The normalized spacial score (nSPS) is 35.9. The molecule has 3 nitrogen and oxygen atoms in total. The molecule has 2 saturated carbocycles. The Morgan fingerprint density at radius 2 is 1.71 bits per heavy atom. The van der Waals surface area contributed by atoms with Crippen molar-refractivity contribution in [1.29, 1.82) is 0 Å². The quantitative estimate of drug-likeness (QED) is 0.900. The van der Waals surface area contributed by atoms with Gasteiger partial charge in [-0.05, 0) is 68.1 Å². The van der Waals surface area contributed by atoms with Crippen molar-refractivity contribution in [2.75, 3.05) is 6.54 Å². The lowest BCUT2D eigenvalue weighted by Crippen LogP contribution is -2.49. The second-order valence-electron chi connectivity index (χ2n) is 7.94. The molecule has 24 heavy (non-hydrogen) atoms. The van der Waals surface area contributed by atoms with Gasteiger partial charge in [0.1, 0.15) is 5.82 Å². The van der Waals surface area contributed by atoms with E-state index in [-0.39, 0.29) is 17.8 Å². The van der Waals surface area contributed by atoms with Gasteiger partial charge in [-0.3, -0.25) is 4.79 Å². The smallest absolute Gasteiger partial charge is 0.226 e. The lowest BCUT2D eigenvalue weighted by Gasteiger charge is -2.44. The molecule has 0 aromatic heterocycles. The third-order valence-corrected chi connectivity index (χ3v) is 6.55. The van der Waals surface area contributed by atoms with Gasteiger partial charge in [-0.1, -0.05) is 18.6 Å². The highest BCUT2D eigenvalue weighted by molar-refractivity contribution is 5.80. The van der Waals surface area contributed by atoms with Crippen molar-refractivity contribution in [2.24, 2.45) is 23.5 Å². The van der Waals surface area contributed by atoms with Gasteiger partial charge in [-0.15, -0.1) is 0 Å². The third-order valence-electron chi connectivity index (χ3n) is 6.55. The van der Waals surface area contributed by atoms with Crippen LogP contribution in [0.2, 0.25) is 0 Å². The van der Waals surface area contributed by atoms with Crippen molar-refractivity contribution in [2.45, 2.75) is 57.0 Å². The molecule has 130 valence electrons. The fourth-order valence-corrected chi connectivity index (χ4v) is 5.29. The molecule has 1 aromatic rings. The Bertz CT molecular complexity index is 588. The van der Waals surface area contributed by atoms with Gasteiger partial charge < -0.3 is 10.6 Å². The van der Waals surface area contributed by atoms with Crippen LogP contribution >= 0.6 is 0 Å². The van der Waals surface area contributed by atoms with Crippen molar-refractivity contribution >= 4 is 5.91 Å². The monoisotopic (exact) mass is 330 g/mol. The second-order valence-corrected chi connectivity index (χ2v) is 7.94. The minimum Gasteiger partial charge on any atom is -0.335 e. The number of fused-ring (bicyclic) bond motifs is 2. The lowest BCUT2D eigenvalue weighted by molar-refractivity contribution is -0.139. The van der Waals surface area contributed by atoms with Crippen LogP contribution in [0.15, 0.2) is 24.3 Å². The van der Waals surface area contributed by atoms with Gasteiger partial charge in [0.2, 0.25) is 5.91 Å². The maximum atomic E-state index is 13.2. The number of carbonyl (C=O) groups is 1. The molecular formula is C20H27FN2O. The zero-order chi connectivity index (χ0) is 16.7. The molecule has 3 unspecified atom stereocenters. The molecule has 2 N–H and O–H groups in total. The molecule has 3 aliphatic rings. The summed E-state index contributed by atoms with van der Waals surface area (Å²) in [6.07, 6.45) is 7.58. The number of halogens is 1. The summed E-state index contributed by atoms with van der Waals surface area (Å²) in [4.78, 5) is 15.3. The molecule has 0 spiro atoms. The van der Waals surface area contributed by atoms with Gasteiger partial charge in [-0.2, -0.15) is 0 Å². The molecule has 1 saturated heterocycles. The van der Waals surface area contributed by atoms with Gasteiger partial charge in [0.25, 0.3) is 0 Å². The van der Waals surface area contributed by atoms with E-state index in [0.717, 1.165) is 37.8 Å². The van der Waals surface area contributed by atoms with Gasteiger partial charge in [0.15, 0.2) is 0 Å². The molecule has 0 radical (unpaired) electrons. The molecule has 1 amide bonds. The van der Waals surface area contributed by atoms with Crippen LogP contribution in [-0.2, 0) is 4.79 Å². The number of amides is 1. The van der Waals surface area contributed by atoms with Crippen molar-refractivity contribution < 1.29 is 9.18 Å². The van der Waals surface area contributed by atoms with Crippen LogP contribution in [-0.4, -0.2) is 23.4 Å². The molecule has 3 atom stereocenters. The Kier molecular flexibility index (Phi) is 4.33. The van der Waals surface area contributed by atoms with E-state index in [1.165, 1.54) is 31.4 Å². The van der Waals surface area contributed by atoms with Crippen LogP contribution in [0.1, 0.15) is 56.6 Å². The van der Waals surface area contributed by atoms with E-state index >= 15 is 0 Å². The number of nitrogens with zero attached hydrogens (tertiary/aromatic N) is 1. The first-order valence-corrected chi connectivity index (χ1v) is 9.45. The zero-order valence-corrected chi connectivity index (χ0v) is 14.2. The highest BCUT2D eigenvalue weighted by Gasteiger charge is 2.43. The van der Waals surface area contributed by atoms with Crippen LogP contribution in [0.3, 0.4) is 0 Å². The minimum atomic E-state index is -0.219. The van der Waals surface area contributed by atoms with Crippen LogP contribution in [0.4, 0.5) is 4.39 Å². The number of hydrogen-bond acceptors (Lipinski definition) is 2. The van der Waals surface area contributed by atoms with E-state index < -0.39 is 0 Å². The van der Waals surface area contributed by atoms with Crippen molar-refractivity contribution in [3.8, 4) is 0 Å². The molecule has 4 rings (SSSR count). The maximum Gasteiger partial charge on any atom is 0.226 e. The van der Waals surface area contributed by atoms with Crippen molar-refractivity contribution in [3.63, 3.8) is 0 Å². The van der Waals surface area contributed by atoms with Crippen molar-refractivity contribution in [1.82, 2.24) is 4.90 Å². The highest BCUT2D eigenvalue weighted by Crippen LogP contribution is 2.44. The standard InChI is InChI=1S/C20H27FN2O/c21-17-8-6-13(7-9-17)18-5-2-10-23(18)20(24)16-11-14-3-1-4-15(12-16)19(14)22/h6-9,14-16,18-19H,1-5,10-12,22H2. The fourth-order valence-electron chi connectivity index (χ4n) is 5.29. The molecular weight excluding hydrogens is 303 g/mol. The lowest BCUT2D eigenvalue weighted by atomic mass is 9.65. The number of hydrogen-bond donors (Lipinski definition) is 1. The third kappa shape index (κ3) is 2.85. The minimum absolute atomic E-state index is 0.119. The number of benzene rings is 1. The summed E-state index contributed by atoms with van der Waals surface area (Å²) in [5.74, 6) is 1.28. The molecule has 1 aliphatic heterocycles. The molecule has 1 aromatic carbocycles. The predicted molar refractivity (Wildman–Crippen MR) is 91.6 cm³/mol. The van der Waals surface area contributed by atoms with E-state index in [9.17, 15) is 9.18 Å². The van der Waals surface area contributed by atoms with Gasteiger partial charge in [0, 0.05) is 18.5 Å². The summed E-state index contributed by atoms with van der Waals surface area (Å²) in [5, 5.41) is 0. The topological polar surface area (TPSA) is 46.3 Å². The van der Waals surface area contributed by atoms with E-state index in [0.29, 0.717) is 23.8 Å². The van der Waals surface area contributed by atoms with Crippen LogP contribution in [0.25, 0.3) is 0 Å². The molecule has 4 heteroatoms. The first-order chi connectivity index (χ1) is 11.6. The summed E-state index contributed by atoms with van der Waals surface area (Å²) in [6.45, 7) is 0.832. The Balaban J connectivity index is 1.50. The summed E-state index contributed by atoms with van der Waals surface area (Å²) in [7, 11) is 0. The molecule has 2 bridgehead atoms. The molecule has 3 fully saturated rings. The van der Waals surface area contributed by atoms with Crippen LogP contribution < -0.4 is 5.73 Å². The van der Waals surface area contributed by atoms with Crippen LogP contribution in [0, 0.1) is 23.6 Å². The van der Waals surface area contributed by atoms with Crippen molar-refractivity contribution in [3.05, 3.63) is 35.6 Å². The number of rotatable bonds is 2. The number of carbonyl (C=O) groups excluding carboxylic acids is 1. The van der Waals surface area contributed by atoms with E-state index in [2.05, 4.69) is 4.90 Å². The summed E-state index contributed by atoms with van der Waals surface area (Å²) in [5.41, 5.74) is 7.44. The first kappa shape index (κ1) is 16.1. The fraction of sp³-hybridized carbons (Fsp3) is 0.650. The van der Waals surface area contributed by atoms with Gasteiger partial charge in [-0.25, -0.2) is 4.39 Å². The van der Waals surface area contributed by atoms with Crippen LogP contribution in [0.5, 0.6) is 0 Å². The first-order valence-electron chi connectivity index (χ1n) is 9.45.